The zero-order valence-electron chi connectivity index (χ0n) is 3.65. The minimum Gasteiger partial charge on any atom is -0.456 e. The Morgan fingerprint density at radius 3 is 2.29 bits per heavy atom. The molecule has 0 aromatic heterocycles. The Balaban J connectivity index is 3.13. The van der Waals surface area contributed by atoms with E-state index in [4.69, 9.17) is 23.2 Å². The van der Waals surface area contributed by atoms with Gasteiger partial charge < -0.3 is 4.74 Å². The maximum atomic E-state index is 5.28. The SMILES string of the molecule is CC(Cl)OC(=S)Cl. The van der Waals surface area contributed by atoms with Crippen LogP contribution in [0.1, 0.15) is 6.92 Å². The number of ether oxygens (including phenoxy) is 1. The molecule has 0 aliphatic rings. The lowest BCUT2D eigenvalue weighted by atomic mass is 10.9. The molecule has 0 aliphatic heterocycles. The Bertz CT molecular complexity index is 73.3. The summed E-state index contributed by atoms with van der Waals surface area (Å²) in [5, 5.41) is 0. The monoisotopic (exact) mass is 158 g/mol. The minimum atomic E-state index is -0.426. The average molecular weight is 159 g/mol. The summed E-state index contributed by atoms with van der Waals surface area (Å²) in [4.78, 5) is 0. The zero-order valence-corrected chi connectivity index (χ0v) is 5.98. The fraction of sp³-hybridized carbons (Fsp3) is 0.667. The molecule has 0 rings (SSSR count). The third kappa shape index (κ3) is 6.47. The second-order valence-corrected chi connectivity index (χ2v) is 2.45. The van der Waals surface area contributed by atoms with Crippen LogP contribution in [0.15, 0.2) is 0 Å². The quantitative estimate of drug-likeness (QED) is 0.329. The van der Waals surface area contributed by atoms with Crippen molar-refractivity contribution in [2.45, 2.75) is 12.5 Å². The van der Waals surface area contributed by atoms with Crippen LogP contribution in [0.3, 0.4) is 0 Å². The number of alkyl halides is 1. The predicted octanol–water partition coefficient (Wildman–Crippen LogP) is 2.11. The Hall–Kier alpha value is 0.470. The molecule has 0 aliphatic carbocycles. The lowest BCUT2D eigenvalue weighted by molar-refractivity contribution is 0.304. The van der Waals surface area contributed by atoms with Crippen LogP contribution in [0.25, 0.3) is 0 Å². The maximum Gasteiger partial charge on any atom is 0.256 e. The fourth-order valence-corrected chi connectivity index (χ4v) is 0.593. The molecule has 0 fully saturated rings. The highest BCUT2D eigenvalue weighted by Gasteiger charge is 1.94. The van der Waals surface area contributed by atoms with E-state index in [1.54, 1.807) is 6.92 Å². The van der Waals surface area contributed by atoms with Crippen LogP contribution in [-0.2, 0) is 4.74 Å². The van der Waals surface area contributed by atoms with Gasteiger partial charge in [0.15, 0.2) is 5.56 Å². The van der Waals surface area contributed by atoms with Gasteiger partial charge in [0, 0.05) is 0 Å². The van der Waals surface area contributed by atoms with Gasteiger partial charge in [0.1, 0.15) is 0 Å². The highest BCUT2D eigenvalue weighted by Crippen LogP contribution is 1.99. The second kappa shape index (κ2) is 3.47. The van der Waals surface area contributed by atoms with Crippen molar-refractivity contribution in [3.63, 3.8) is 0 Å². The minimum absolute atomic E-state index is 0.0394. The van der Waals surface area contributed by atoms with Gasteiger partial charge >= 0.3 is 0 Å². The molecule has 0 radical (unpaired) electrons. The summed E-state index contributed by atoms with van der Waals surface area (Å²) in [5.74, 6) is 0. The molecular weight excluding hydrogens is 155 g/mol. The summed E-state index contributed by atoms with van der Waals surface area (Å²) in [7, 11) is 0. The third-order valence-corrected chi connectivity index (χ3v) is 0.529. The van der Waals surface area contributed by atoms with Crippen LogP contribution in [-0.4, -0.2) is 10.1 Å². The van der Waals surface area contributed by atoms with E-state index in [9.17, 15) is 0 Å². The number of hydrogen-bond donors (Lipinski definition) is 0. The van der Waals surface area contributed by atoms with Crippen LogP contribution in [0.4, 0.5) is 0 Å². The Morgan fingerprint density at radius 1 is 1.86 bits per heavy atom. The molecule has 42 valence electrons. The number of halogens is 2. The molecular formula is C3H4Cl2OS. The van der Waals surface area contributed by atoms with Crippen molar-refractivity contribution in [3.05, 3.63) is 0 Å². The van der Waals surface area contributed by atoms with Gasteiger partial charge in [0.25, 0.3) is 4.51 Å². The summed E-state index contributed by atoms with van der Waals surface area (Å²) in [5.41, 5.74) is -0.426. The molecule has 0 spiro atoms. The number of rotatable bonds is 1. The highest BCUT2D eigenvalue weighted by atomic mass is 35.5. The fourth-order valence-electron chi connectivity index (χ4n) is 0.128. The second-order valence-electron chi connectivity index (χ2n) is 0.898. The van der Waals surface area contributed by atoms with Crippen LogP contribution in [0.5, 0.6) is 0 Å². The van der Waals surface area contributed by atoms with E-state index in [0.29, 0.717) is 0 Å². The first-order valence-corrected chi connectivity index (χ1v) is 2.85. The van der Waals surface area contributed by atoms with Crippen molar-refractivity contribution >= 4 is 39.9 Å². The normalized spacial score (nSPS) is 13.0. The lowest BCUT2D eigenvalue weighted by Gasteiger charge is -2.00. The topological polar surface area (TPSA) is 9.23 Å². The van der Waals surface area contributed by atoms with Crippen molar-refractivity contribution < 1.29 is 4.74 Å². The Morgan fingerprint density at radius 2 is 2.29 bits per heavy atom. The smallest absolute Gasteiger partial charge is 0.256 e. The van der Waals surface area contributed by atoms with Gasteiger partial charge in [-0.2, -0.15) is 0 Å². The number of hydrogen-bond acceptors (Lipinski definition) is 2. The summed E-state index contributed by atoms with van der Waals surface area (Å²) in [6.45, 7) is 1.64. The Kier molecular flexibility index (Phi) is 3.70. The molecule has 0 bridgehead atoms. The van der Waals surface area contributed by atoms with E-state index < -0.39 is 5.56 Å². The zero-order chi connectivity index (χ0) is 5.86. The summed E-state index contributed by atoms with van der Waals surface area (Å²) in [6.07, 6.45) is 0. The maximum absolute atomic E-state index is 5.28. The van der Waals surface area contributed by atoms with Gasteiger partial charge in [-0.1, -0.05) is 11.6 Å². The van der Waals surface area contributed by atoms with Gasteiger partial charge in [0.05, 0.1) is 0 Å². The number of thiocarbonyl (C=S) groups is 1. The average Bonchev–Trinajstić information content (AvgIpc) is 1.27. The van der Waals surface area contributed by atoms with Crippen LogP contribution >= 0.6 is 35.4 Å². The van der Waals surface area contributed by atoms with E-state index in [-0.39, 0.29) is 4.51 Å². The predicted molar refractivity (Wildman–Crippen MR) is 34.9 cm³/mol. The summed E-state index contributed by atoms with van der Waals surface area (Å²) < 4.78 is 4.47. The lowest BCUT2D eigenvalue weighted by Crippen LogP contribution is -1.99. The van der Waals surface area contributed by atoms with E-state index in [0.717, 1.165) is 0 Å². The standard InChI is InChI=1S/C3H4Cl2OS/c1-2(4)6-3(5)7/h2H,1H3. The highest BCUT2D eigenvalue weighted by molar-refractivity contribution is 7.82. The van der Waals surface area contributed by atoms with Crippen molar-refractivity contribution in [2.24, 2.45) is 0 Å². The molecule has 0 saturated heterocycles. The van der Waals surface area contributed by atoms with E-state index >= 15 is 0 Å². The Labute approximate surface area is 57.5 Å². The molecule has 0 N–H and O–H groups in total. The van der Waals surface area contributed by atoms with Gasteiger partial charge in [-0.25, -0.2) is 0 Å². The summed E-state index contributed by atoms with van der Waals surface area (Å²) in [6, 6.07) is 0. The first kappa shape index (κ1) is 7.47. The van der Waals surface area contributed by atoms with Gasteiger partial charge in [-0.15, -0.1) is 0 Å². The third-order valence-electron chi connectivity index (χ3n) is 0.255. The van der Waals surface area contributed by atoms with Gasteiger partial charge in [0.2, 0.25) is 0 Å². The molecule has 0 aromatic rings. The van der Waals surface area contributed by atoms with Crippen LogP contribution < -0.4 is 0 Å². The molecule has 1 atom stereocenters. The molecule has 1 nitrogen and oxygen atoms in total. The van der Waals surface area contributed by atoms with E-state index in [2.05, 4.69) is 17.0 Å². The molecule has 4 heteroatoms. The van der Waals surface area contributed by atoms with Gasteiger partial charge in [-0.3, -0.25) is 0 Å². The van der Waals surface area contributed by atoms with Crippen molar-refractivity contribution in [1.82, 2.24) is 0 Å². The molecule has 0 amide bonds. The molecule has 0 heterocycles. The van der Waals surface area contributed by atoms with Crippen molar-refractivity contribution in [1.29, 1.82) is 0 Å². The van der Waals surface area contributed by atoms with Crippen LogP contribution in [0.2, 0.25) is 0 Å². The molecule has 7 heavy (non-hydrogen) atoms. The summed E-state index contributed by atoms with van der Waals surface area (Å²) >= 11 is 14.7. The van der Waals surface area contributed by atoms with Crippen molar-refractivity contribution in [3.8, 4) is 0 Å². The first-order chi connectivity index (χ1) is 3.13. The molecule has 0 aromatic carbocycles. The van der Waals surface area contributed by atoms with Crippen LogP contribution in [0, 0.1) is 0 Å². The molecule has 0 saturated carbocycles. The largest absolute Gasteiger partial charge is 0.456 e. The van der Waals surface area contributed by atoms with E-state index in [1.807, 2.05) is 0 Å². The van der Waals surface area contributed by atoms with Crippen molar-refractivity contribution in [2.75, 3.05) is 0 Å². The first-order valence-electron chi connectivity index (χ1n) is 1.63. The molecule has 1 unspecified atom stereocenters. The van der Waals surface area contributed by atoms with Gasteiger partial charge in [-0.05, 0) is 30.7 Å². The van der Waals surface area contributed by atoms with E-state index in [1.165, 1.54) is 0 Å².